The molecule has 188 valence electrons. The third-order valence-corrected chi connectivity index (χ3v) is 7.45. The number of amides is 2. The van der Waals surface area contributed by atoms with Crippen molar-refractivity contribution in [2.24, 2.45) is 0 Å². The molecule has 0 aliphatic carbocycles. The summed E-state index contributed by atoms with van der Waals surface area (Å²) >= 11 is 0. The number of β-amino-alcohol motifs (C(OH)–C–C–N with tert-alkyl or cyclic N) is 1. The van der Waals surface area contributed by atoms with Crippen molar-refractivity contribution in [2.75, 3.05) is 31.7 Å². The predicted molar refractivity (Wildman–Crippen MR) is 142 cm³/mol. The fourth-order valence-corrected chi connectivity index (χ4v) is 5.25. The number of fused-ring (bicyclic) bond motifs is 2. The van der Waals surface area contributed by atoms with E-state index in [2.05, 4.69) is 28.6 Å². The van der Waals surface area contributed by atoms with Gasteiger partial charge in [0.15, 0.2) is 0 Å². The van der Waals surface area contributed by atoms with Crippen LogP contribution in [-0.2, 0) is 0 Å². The standard InChI is InChI=1S/C29H29N5O3/c1-20-4-5-24-17-23(10-11-25(24)31-20)21-6-8-22(9-7-21)27(35)32-15-12-29(37,13-16-32)18-33-19-30-34-14-2-3-26(34)28(33)36/h2-11,14,17,30,37H,12-13,15-16,18-19H2,1H3. The van der Waals surface area contributed by atoms with Crippen molar-refractivity contribution in [3.8, 4) is 11.1 Å². The van der Waals surface area contributed by atoms with Gasteiger partial charge in [-0.2, -0.15) is 0 Å². The van der Waals surface area contributed by atoms with Crippen LogP contribution < -0.4 is 5.43 Å². The molecule has 1 saturated heterocycles. The third-order valence-electron chi connectivity index (χ3n) is 7.45. The van der Waals surface area contributed by atoms with Gasteiger partial charge >= 0.3 is 0 Å². The van der Waals surface area contributed by atoms with Crippen LogP contribution in [0.5, 0.6) is 0 Å². The molecule has 0 saturated carbocycles. The number of piperidine rings is 1. The zero-order valence-electron chi connectivity index (χ0n) is 20.7. The van der Waals surface area contributed by atoms with Crippen LogP contribution in [0.3, 0.4) is 0 Å². The topological polar surface area (TPSA) is 90.7 Å². The first-order valence-electron chi connectivity index (χ1n) is 12.6. The second-order valence-corrected chi connectivity index (χ2v) is 10.0. The third kappa shape index (κ3) is 4.44. The molecule has 2 aromatic carbocycles. The SMILES string of the molecule is Cc1ccc2cc(-c3ccc(C(=O)N4CCC(O)(CN5CNn6cccc6C5=O)CC4)cc3)ccc2n1. The van der Waals surface area contributed by atoms with Crippen LogP contribution in [0.25, 0.3) is 22.0 Å². The maximum Gasteiger partial charge on any atom is 0.273 e. The zero-order chi connectivity index (χ0) is 25.6. The number of likely N-dealkylation sites (tertiary alicyclic amines) is 1. The van der Waals surface area contributed by atoms with E-state index in [-0.39, 0.29) is 18.4 Å². The first-order valence-corrected chi connectivity index (χ1v) is 12.6. The molecule has 4 aromatic rings. The lowest BCUT2D eigenvalue weighted by Crippen LogP contribution is -2.56. The number of nitrogens with one attached hydrogen (secondary N) is 1. The van der Waals surface area contributed by atoms with Crippen molar-refractivity contribution in [1.29, 1.82) is 0 Å². The van der Waals surface area contributed by atoms with Crippen LogP contribution in [0.2, 0.25) is 0 Å². The summed E-state index contributed by atoms with van der Waals surface area (Å²) < 4.78 is 1.70. The molecule has 2 amide bonds. The predicted octanol–water partition coefficient (Wildman–Crippen LogP) is 3.64. The maximum atomic E-state index is 13.2. The second-order valence-electron chi connectivity index (χ2n) is 10.0. The van der Waals surface area contributed by atoms with E-state index in [0.717, 1.165) is 27.7 Å². The molecule has 0 unspecified atom stereocenters. The van der Waals surface area contributed by atoms with Crippen molar-refractivity contribution in [3.63, 3.8) is 0 Å². The number of pyridine rings is 1. The smallest absolute Gasteiger partial charge is 0.273 e. The first-order chi connectivity index (χ1) is 17.9. The minimum atomic E-state index is -1.02. The minimum Gasteiger partial charge on any atom is -0.388 e. The second kappa shape index (κ2) is 9.05. The summed E-state index contributed by atoms with van der Waals surface area (Å²) in [5.41, 5.74) is 7.39. The summed E-state index contributed by atoms with van der Waals surface area (Å²) in [7, 11) is 0. The molecule has 0 spiro atoms. The van der Waals surface area contributed by atoms with Gasteiger partial charge < -0.3 is 20.3 Å². The van der Waals surface area contributed by atoms with E-state index in [9.17, 15) is 14.7 Å². The van der Waals surface area contributed by atoms with Gasteiger partial charge in [-0.05, 0) is 73.4 Å². The van der Waals surface area contributed by atoms with Crippen LogP contribution in [0.1, 0.15) is 39.4 Å². The molecule has 8 nitrogen and oxygen atoms in total. The summed E-state index contributed by atoms with van der Waals surface area (Å²) in [5, 5.41) is 12.3. The molecule has 0 radical (unpaired) electrons. The molecular weight excluding hydrogens is 466 g/mol. The fourth-order valence-electron chi connectivity index (χ4n) is 5.25. The Hall–Kier alpha value is -4.17. The highest BCUT2D eigenvalue weighted by atomic mass is 16.3. The van der Waals surface area contributed by atoms with Crippen molar-refractivity contribution in [3.05, 3.63) is 89.9 Å². The lowest BCUT2D eigenvalue weighted by molar-refractivity contribution is -0.0369. The lowest BCUT2D eigenvalue weighted by Gasteiger charge is -2.42. The van der Waals surface area contributed by atoms with Crippen molar-refractivity contribution in [1.82, 2.24) is 19.5 Å². The van der Waals surface area contributed by atoms with Gasteiger partial charge in [0, 0.05) is 35.9 Å². The molecule has 4 heterocycles. The monoisotopic (exact) mass is 495 g/mol. The molecule has 2 aliphatic heterocycles. The number of carbonyl (C=O) groups is 2. The Labute approximate surface area is 215 Å². The average molecular weight is 496 g/mol. The molecule has 1 fully saturated rings. The highest BCUT2D eigenvalue weighted by molar-refractivity contribution is 5.95. The number of nitrogens with zero attached hydrogens (tertiary/aromatic N) is 4. The van der Waals surface area contributed by atoms with E-state index >= 15 is 0 Å². The van der Waals surface area contributed by atoms with E-state index in [1.807, 2.05) is 49.4 Å². The molecule has 6 rings (SSSR count). The number of benzene rings is 2. The highest BCUT2D eigenvalue weighted by Crippen LogP contribution is 2.28. The van der Waals surface area contributed by atoms with Gasteiger partial charge in [0.2, 0.25) is 0 Å². The summed E-state index contributed by atoms with van der Waals surface area (Å²) in [6.07, 6.45) is 2.65. The first kappa shape index (κ1) is 23.2. The van der Waals surface area contributed by atoms with Crippen LogP contribution in [0, 0.1) is 6.92 Å². The van der Waals surface area contributed by atoms with Gasteiger partial charge in [0.1, 0.15) is 12.4 Å². The Morgan fingerprint density at radius 2 is 1.78 bits per heavy atom. The van der Waals surface area contributed by atoms with Gasteiger partial charge in [0.25, 0.3) is 11.8 Å². The molecule has 2 aromatic heterocycles. The van der Waals surface area contributed by atoms with Crippen LogP contribution in [0.15, 0.2) is 72.9 Å². The molecule has 2 N–H and O–H groups in total. The van der Waals surface area contributed by atoms with Gasteiger partial charge in [-0.3, -0.25) is 19.2 Å². The van der Waals surface area contributed by atoms with E-state index in [1.165, 1.54) is 0 Å². The summed E-state index contributed by atoms with van der Waals surface area (Å²) in [5.74, 6) is -0.145. The number of hydrogen-bond acceptors (Lipinski definition) is 5. The van der Waals surface area contributed by atoms with Crippen molar-refractivity contribution in [2.45, 2.75) is 25.4 Å². The Bertz CT molecular complexity index is 1490. The average Bonchev–Trinajstić information content (AvgIpc) is 3.40. The van der Waals surface area contributed by atoms with E-state index in [1.54, 1.807) is 26.7 Å². The fraction of sp³-hybridized carbons (Fsp3) is 0.276. The van der Waals surface area contributed by atoms with E-state index in [0.29, 0.717) is 43.9 Å². The molecule has 37 heavy (non-hydrogen) atoms. The number of carbonyl (C=O) groups excluding carboxylic acids is 2. The van der Waals surface area contributed by atoms with Crippen molar-refractivity contribution >= 4 is 22.7 Å². The summed E-state index contributed by atoms with van der Waals surface area (Å²) in [4.78, 5) is 33.9. The zero-order valence-corrected chi connectivity index (χ0v) is 20.7. The Morgan fingerprint density at radius 1 is 1.03 bits per heavy atom. The summed E-state index contributed by atoms with van der Waals surface area (Å²) in [6, 6.07) is 21.5. The van der Waals surface area contributed by atoms with Crippen LogP contribution in [-0.4, -0.2) is 68.3 Å². The lowest BCUT2D eigenvalue weighted by atomic mass is 9.90. The minimum absolute atomic E-state index is 0.0414. The largest absolute Gasteiger partial charge is 0.388 e. The Balaban J connectivity index is 1.09. The maximum absolute atomic E-state index is 13.2. The van der Waals surface area contributed by atoms with Gasteiger partial charge in [0.05, 0.1) is 17.7 Å². The number of aryl methyl sites for hydroxylation is 1. The van der Waals surface area contributed by atoms with Crippen LogP contribution in [0.4, 0.5) is 0 Å². The normalized spacial score (nSPS) is 17.0. The van der Waals surface area contributed by atoms with E-state index < -0.39 is 5.60 Å². The molecule has 0 atom stereocenters. The van der Waals surface area contributed by atoms with Gasteiger partial charge in [-0.15, -0.1) is 0 Å². The number of aliphatic hydroxyl groups is 1. The molecule has 0 bridgehead atoms. The van der Waals surface area contributed by atoms with Crippen molar-refractivity contribution < 1.29 is 14.7 Å². The molecular formula is C29H29N5O3. The Morgan fingerprint density at radius 3 is 2.57 bits per heavy atom. The van der Waals surface area contributed by atoms with Gasteiger partial charge in [-0.25, -0.2) is 0 Å². The Kier molecular flexibility index (Phi) is 5.68. The molecule has 8 heteroatoms. The number of aromatic nitrogens is 2. The summed E-state index contributed by atoms with van der Waals surface area (Å²) in [6.45, 7) is 3.45. The van der Waals surface area contributed by atoms with Gasteiger partial charge in [-0.1, -0.05) is 24.3 Å². The molecule has 2 aliphatic rings. The number of rotatable bonds is 4. The van der Waals surface area contributed by atoms with Crippen LogP contribution >= 0.6 is 0 Å². The quantitative estimate of drug-likeness (QED) is 0.451. The number of hydrogen-bond donors (Lipinski definition) is 2. The van der Waals surface area contributed by atoms with E-state index in [4.69, 9.17) is 0 Å². The highest BCUT2D eigenvalue weighted by Gasteiger charge is 2.38.